The van der Waals surface area contributed by atoms with Gasteiger partial charge in [0.15, 0.2) is 15.0 Å². The van der Waals surface area contributed by atoms with Crippen LogP contribution in [0, 0.1) is 0 Å². The molecule has 8 nitrogen and oxygen atoms in total. The Labute approximate surface area is 174 Å². The molecule has 0 radical (unpaired) electrons. The van der Waals surface area contributed by atoms with E-state index >= 15 is 0 Å². The third-order valence-electron chi connectivity index (χ3n) is 5.48. The molecule has 29 heavy (non-hydrogen) atoms. The maximum absolute atomic E-state index is 13.3. The van der Waals surface area contributed by atoms with Gasteiger partial charge in [-0.25, -0.2) is 18.4 Å². The van der Waals surface area contributed by atoms with Crippen LogP contribution in [0.3, 0.4) is 0 Å². The monoisotopic (exact) mass is 436 g/mol. The molecular weight excluding hydrogens is 412 g/mol. The number of sulfone groups is 1. The standard InChI is InChI=1S/C19H24N4O4S2/c1-2-10-22(19-20-14-5-3-4-6-16(14)28-19)18(25)15-7-8-17(24)23(21-15)13-9-11-29(26,27)12-13/h2,13H,1,3-12H2/t13-/m0/s1. The fourth-order valence-electron chi connectivity index (χ4n) is 3.97. The van der Waals surface area contributed by atoms with E-state index in [9.17, 15) is 18.0 Å². The number of carbonyl (C=O) groups is 2. The van der Waals surface area contributed by atoms with Crippen molar-refractivity contribution in [3.05, 3.63) is 23.2 Å². The van der Waals surface area contributed by atoms with Gasteiger partial charge in [0.1, 0.15) is 5.71 Å². The van der Waals surface area contributed by atoms with Gasteiger partial charge in [-0.05, 0) is 32.1 Å². The maximum Gasteiger partial charge on any atom is 0.276 e. The van der Waals surface area contributed by atoms with Gasteiger partial charge in [-0.3, -0.25) is 14.5 Å². The van der Waals surface area contributed by atoms with Gasteiger partial charge in [0.25, 0.3) is 5.91 Å². The zero-order valence-electron chi connectivity index (χ0n) is 16.2. The summed E-state index contributed by atoms with van der Waals surface area (Å²) in [5.41, 5.74) is 1.33. The van der Waals surface area contributed by atoms with E-state index in [2.05, 4.69) is 16.7 Å². The smallest absolute Gasteiger partial charge is 0.276 e. The van der Waals surface area contributed by atoms with Gasteiger partial charge in [0.2, 0.25) is 5.91 Å². The normalized spacial score (nSPS) is 23.4. The highest BCUT2D eigenvalue weighted by Gasteiger charge is 2.38. The number of carbonyl (C=O) groups excluding carboxylic acids is 2. The first kappa shape index (κ1) is 20.2. The first-order valence-corrected chi connectivity index (χ1v) is 12.5. The van der Waals surface area contributed by atoms with Gasteiger partial charge >= 0.3 is 0 Å². The van der Waals surface area contributed by atoms with Crippen LogP contribution in [-0.4, -0.2) is 60.0 Å². The molecule has 1 aromatic heterocycles. The molecule has 10 heteroatoms. The Hall–Kier alpha value is -2.07. The minimum Gasteiger partial charge on any atom is -0.279 e. The lowest BCUT2D eigenvalue weighted by Crippen LogP contribution is -2.45. The van der Waals surface area contributed by atoms with E-state index in [1.54, 1.807) is 11.0 Å². The second-order valence-electron chi connectivity index (χ2n) is 7.62. The Balaban J connectivity index is 1.60. The Morgan fingerprint density at radius 1 is 1.28 bits per heavy atom. The van der Waals surface area contributed by atoms with Crippen LogP contribution in [0.5, 0.6) is 0 Å². The van der Waals surface area contributed by atoms with Gasteiger partial charge in [-0.15, -0.1) is 17.9 Å². The molecule has 1 fully saturated rings. The Kier molecular flexibility index (Phi) is 5.56. The summed E-state index contributed by atoms with van der Waals surface area (Å²) in [6.45, 7) is 4.05. The summed E-state index contributed by atoms with van der Waals surface area (Å²) >= 11 is 1.53. The molecule has 1 aliphatic carbocycles. The van der Waals surface area contributed by atoms with Gasteiger partial charge in [0.05, 0.1) is 23.2 Å². The van der Waals surface area contributed by atoms with Gasteiger partial charge in [0, 0.05) is 24.3 Å². The number of hydrogen-bond donors (Lipinski definition) is 0. The molecule has 156 valence electrons. The first-order chi connectivity index (χ1) is 13.9. The summed E-state index contributed by atoms with van der Waals surface area (Å²) in [4.78, 5) is 33.1. The zero-order chi connectivity index (χ0) is 20.6. The summed E-state index contributed by atoms with van der Waals surface area (Å²) < 4.78 is 23.6. The highest BCUT2D eigenvalue weighted by atomic mass is 32.2. The van der Waals surface area contributed by atoms with Crippen molar-refractivity contribution in [1.82, 2.24) is 9.99 Å². The number of hydrazone groups is 1. The van der Waals surface area contributed by atoms with E-state index in [1.807, 2.05) is 0 Å². The number of anilines is 1. The third kappa shape index (κ3) is 4.13. The van der Waals surface area contributed by atoms with Crippen LogP contribution in [0.2, 0.25) is 0 Å². The largest absolute Gasteiger partial charge is 0.279 e. The molecular formula is C19H24N4O4S2. The van der Waals surface area contributed by atoms with Crippen molar-refractivity contribution in [3.8, 4) is 0 Å². The number of fused-ring (bicyclic) bond motifs is 1. The molecule has 0 unspecified atom stereocenters. The highest BCUT2D eigenvalue weighted by molar-refractivity contribution is 7.91. The van der Waals surface area contributed by atoms with Crippen molar-refractivity contribution in [2.45, 2.75) is 51.0 Å². The summed E-state index contributed by atoms with van der Waals surface area (Å²) in [6, 6.07) is -0.490. The molecule has 0 saturated carbocycles. The number of amides is 2. The van der Waals surface area contributed by atoms with Gasteiger partial charge < -0.3 is 0 Å². The Morgan fingerprint density at radius 3 is 2.76 bits per heavy atom. The molecule has 2 amide bonds. The second kappa shape index (κ2) is 7.98. The van der Waals surface area contributed by atoms with E-state index in [1.165, 1.54) is 21.2 Å². The molecule has 0 aromatic carbocycles. The fourth-order valence-corrected chi connectivity index (χ4v) is 6.81. The fraction of sp³-hybridized carbons (Fsp3) is 0.579. The van der Waals surface area contributed by atoms with Crippen LogP contribution >= 0.6 is 11.3 Å². The number of aromatic nitrogens is 1. The van der Waals surface area contributed by atoms with E-state index in [-0.39, 0.29) is 41.9 Å². The van der Waals surface area contributed by atoms with Crippen molar-refractivity contribution in [2.75, 3.05) is 23.0 Å². The molecule has 2 aliphatic heterocycles. The summed E-state index contributed by atoms with van der Waals surface area (Å²) in [5, 5.41) is 6.17. The average molecular weight is 437 g/mol. The van der Waals surface area contributed by atoms with E-state index in [4.69, 9.17) is 0 Å². The highest BCUT2D eigenvalue weighted by Crippen LogP contribution is 2.32. The molecule has 1 saturated heterocycles. The van der Waals surface area contributed by atoms with E-state index < -0.39 is 15.9 Å². The number of thiazole rings is 1. The topological polar surface area (TPSA) is 100 Å². The average Bonchev–Trinajstić information content (AvgIpc) is 3.28. The van der Waals surface area contributed by atoms with Crippen LogP contribution in [0.15, 0.2) is 17.8 Å². The molecule has 3 aliphatic rings. The maximum atomic E-state index is 13.3. The minimum atomic E-state index is -3.16. The van der Waals surface area contributed by atoms with Crippen LogP contribution in [0.25, 0.3) is 0 Å². The Morgan fingerprint density at radius 2 is 2.07 bits per heavy atom. The number of rotatable bonds is 5. The lowest BCUT2D eigenvalue weighted by molar-refractivity contribution is -0.133. The lowest BCUT2D eigenvalue weighted by Gasteiger charge is -2.29. The van der Waals surface area contributed by atoms with Crippen molar-refractivity contribution in [2.24, 2.45) is 5.10 Å². The number of nitrogens with zero attached hydrogens (tertiary/aromatic N) is 4. The van der Waals surface area contributed by atoms with Crippen molar-refractivity contribution < 1.29 is 18.0 Å². The van der Waals surface area contributed by atoms with Crippen molar-refractivity contribution >= 4 is 43.8 Å². The molecule has 0 bridgehead atoms. The lowest BCUT2D eigenvalue weighted by atomic mass is 10.0. The molecule has 0 N–H and O–H groups in total. The van der Waals surface area contributed by atoms with Crippen molar-refractivity contribution in [1.29, 1.82) is 0 Å². The van der Waals surface area contributed by atoms with Crippen LogP contribution in [0.4, 0.5) is 5.13 Å². The van der Waals surface area contributed by atoms with Crippen LogP contribution < -0.4 is 4.90 Å². The van der Waals surface area contributed by atoms with E-state index in [0.29, 0.717) is 18.1 Å². The Bertz CT molecular complexity index is 959. The quantitative estimate of drug-likeness (QED) is 0.654. The SMILES string of the molecule is C=CCN(C(=O)C1=NN([C@H]2CCS(=O)(=O)C2)C(=O)CC1)c1nc2c(s1)CCCC2. The molecule has 1 atom stereocenters. The van der Waals surface area contributed by atoms with E-state index in [0.717, 1.165) is 31.4 Å². The molecule has 3 heterocycles. The summed E-state index contributed by atoms with van der Waals surface area (Å²) in [5.74, 6) is -0.578. The van der Waals surface area contributed by atoms with Crippen LogP contribution in [0.1, 0.15) is 42.7 Å². The third-order valence-corrected chi connectivity index (χ3v) is 8.41. The molecule has 0 spiro atoms. The second-order valence-corrected chi connectivity index (χ2v) is 10.9. The number of aryl methyl sites for hydroxylation is 2. The zero-order valence-corrected chi connectivity index (χ0v) is 17.8. The minimum absolute atomic E-state index is 0.0491. The summed E-state index contributed by atoms with van der Waals surface area (Å²) in [6.07, 6.45) is 6.56. The van der Waals surface area contributed by atoms with Gasteiger partial charge in [-0.2, -0.15) is 5.10 Å². The summed E-state index contributed by atoms with van der Waals surface area (Å²) in [7, 11) is -3.16. The molecule has 4 rings (SSSR count). The predicted molar refractivity (Wildman–Crippen MR) is 112 cm³/mol. The molecule has 1 aromatic rings. The van der Waals surface area contributed by atoms with Gasteiger partial charge in [-0.1, -0.05) is 6.08 Å². The first-order valence-electron chi connectivity index (χ1n) is 9.89. The predicted octanol–water partition coefficient (Wildman–Crippen LogP) is 1.71. The van der Waals surface area contributed by atoms with Crippen molar-refractivity contribution in [3.63, 3.8) is 0 Å². The number of hydrogen-bond acceptors (Lipinski definition) is 7. The van der Waals surface area contributed by atoms with Crippen LogP contribution in [-0.2, 0) is 32.3 Å².